The van der Waals surface area contributed by atoms with Gasteiger partial charge >= 0.3 is 0 Å². The number of hydrogen-bond donors (Lipinski definition) is 0. The zero-order valence-corrected chi connectivity index (χ0v) is 19.3. The monoisotopic (exact) mass is 445 g/mol. The van der Waals surface area contributed by atoms with Gasteiger partial charge in [0.05, 0.1) is 17.6 Å². The number of aryl methyl sites for hydroxylation is 1. The van der Waals surface area contributed by atoms with Gasteiger partial charge < -0.3 is 9.30 Å². The van der Waals surface area contributed by atoms with Crippen molar-refractivity contribution in [3.63, 3.8) is 0 Å². The summed E-state index contributed by atoms with van der Waals surface area (Å²) in [5, 5.41) is 0.955. The lowest BCUT2D eigenvalue weighted by Crippen LogP contribution is -2.26. The molecule has 1 aromatic heterocycles. The molecule has 0 aliphatic carbocycles. The molecule has 4 aromatic carbocycles. The van der Waals surface area contributed by atoms with Crippen LogP contribution in [0.2, 0.25) is 0 Å². The largest absolute Gasteiger partial charge is 0.488 e. The molecule has 3 nitrogen and oxygen atoms in total. The van der Waals surface area contributed by atoms with E-state index in [9.17, 15) is 4.79 Å². The summed E-state index contributed by atoms with van der Waals surface area (Å²) in [6, 6.07) is 36.6. The SMILES string of the molecule is Cc1ccc(COc2c(Cc3ccccc3)c(=O)n(Cc3ccccc3)c3ccccc23)cc1. The van der Waals surface area contributed by atoms with Crippen LogP contribution in [0.5, 0.6) is 5.75 Å². The summed E-state index contributed by atoms with van der Waals surface area (Å²) in [5.74, 6) is 0.675. The van der Waals surface area contributed by atoms with Crippen molar-refractivity contribution in [2.45, 2.75) is 26.5 Å². The van der Waals surface area contributed by atoms with E-state index in [1.54, 1.807) is 0 Å². The fourth-order valence-electron chi connectivity index (χ4n) is 4.32. The van der Waals surface area contributed by atoms with Gasteiger partial charge in [-0.25, -0.2) is 0 Å². The van der Waals surface area contributed by atoms with Crippen molar-refractivity contribution >= 4 is 10.9 Å². The Balaban J connectivity index is 1.65. The number of nitrogens with zero attached hydrogens (tertiary/aromatic N) is 1. The van der Waals surface area contributed by atoms with Crippen LogP contribution in [-0.2, 0) is 19.6 Å². The number of fused-ring (bicyclic) bond motifs is 1. The van der Waals surface area contributed by atoms with Crippen molar-refractivity contribution in [3.05, 3.63) is 147 Å². The fraction of sp³-hybridized carbons (Fsp3) is 0.129. The molecule has 0 spiro atoms. The second-order valence-corrected chi connectivity index (χ2v) is 8.64. The highest BCUT2D eigenvalue weighted by atomic mass is 16.5. The van der Waals surface area contributed by atoms with E-state index >= 15 is 0 Å². The first-order valence-corrected chi connectivity index (χ1v) is 11.6. The van der Waals surface area contributed by atoms with Crippen molar-refractivity contribution in [1.29, 1.82) is 0 Å². The lowest BCUT2D eigenvalue weighted by Gasteiger charge is -2.19. The topological polar surface area (TPSA) is 31.2 Å². The third-order valence-corrected chi connectivity index (χ3v) is 6.13. The van der Waals surface area contributed by atoms with E-state index in [1.807, 2.05) is 59.2 Å². The fourth-order valence-corrected chi connectivity index (χ4v) is 4.32. The molecule has 0 radical (unpaired) electrons. The Kier molecular flexibility index (Phi) is 6.26. The molecule has 0 aliphatic heterocycles. The smallest absolute Gasteiger partial charge is 0.258 e. The van der Waals surface area contributed by atoms with Gasteiger partial charge in [0, 0.05) is 11.8 Å². The van der Waals surface area contributed by atoms with E-state index in [4.69, 9.17) is 4.74 Å². The van der Waals surface area contributed by atoms with Crippen molar-refractivity contribution in [2.24, 2.45) is 0 Å². The molecule has 0 amide bonds. The van der Waals surface area contributed by atoms with E-state index in [-0.39, 0.29) is 5.56 Å². The van der Waals surface area contributed by atoms with Gasteiger partial charge in [0.1, 0.15) is 12.4 Å². The Morgan fingerprint density at radius 2 is 1.29 bits per heavy atom. The normalized spacial score (nSPS) is 11.0. The minimum Gasteiger partial charge on any atom is -0.488 e. The predicted octanol–water partition coefficient (Wildman–Crippen LogP) is 6.53. The molecule has 3 heteroatoms. The standard InChI is InChI=1S/C31H27NO2/c1-23-16-18-26(19-17-23)22-34-30-27-14-8-9-15-29(27)32(21-25-12-6-3-7-13-25)31(33)28(30)20-24-10-4-2-5-11-24/h2-19H,20-22H2,1H3. The summed E-state index contributed by atoms with van der Waals surface area (Å²) in [4.78, 5) is 14.0. The molecule has 0 N–H and O–H groups in total. The zero-order valence-electron chi connectivity index (χ0n) is 19.3. The third kappa shape index (κ3) is 4.65. The molecule has 0 fully saturated rings. The predicted molar refractivity (Wildman–Crippen MR) is 139 cm³/mol. The molecule has 5 aromatic rings. The summed E-state index contributed by atoms with van der Waals surface area (Å²) < 4.78 is 8.30. The molecule has 0 saturated carbocycles. The van der Waals surface area contributed by atoms with Gasteiger partial charge in [0.2, 0.25) is 0 Å². The number of benzene rings is 4. The van der Waals surface area contributed by atoms with Crippen LogP contribution >= 0.6 is 0 Å². The Bertz CT molecular complexity index is 1450. The Morgan fingerprint density at radius 1 is 0.676 bits per heavy atom. The van der Waals surface area contributed by atoms with E-state index in [1.165, 1.54) is 5.56 Å². The minimum absolute atomic E-state index is 0.00897. The number of pyridine rings is 1. The summed E-state index contributed by atoms with van der Waals surface area (Å²) in [7, 11) is 0. The van der Waals surface area contributed by atoms with Crippen molar-refractivity contribution < 1.29 is 4.74 Å². The minimum atomic E-state index is -0.00897. The average Bonchev–Trinajstić information content (AvgIpc) is 2.88. The Morgan fingerprint density at radius 3 is 2.00 bits per heavy atom. The van der Waals surface area contributed by atoms with Crippen LogP contribution in [0, 0.1) is 6.92 Å². The molecule has 0 bridgehead atoms. The summed E-state index contributed by atoms with van der Waals surface area (Å²) >= 11 is 0. The highest BCUT2D eigenvalue weighted by Crippen LogP contribution is 2.30. The second kappa shape index (κ2) is 9.80. The van der Waals surface area contributed by atoms with E-state index in [0.717, 1.165) is 27.6 Å². The molecule has 0 atom stereocenters. The third-order valence-electron chi connectivity index (χ3n) is 6.13. The van der Waals surface area contributed by atoms with Crippen molar-refractivity contribution in [3.8, 4) is 5.75 Å². The van der Waals surface area contributed by atoms with Gasteiger partial charge in [-0.1, -0.05) is 103 Å². The van der Waals surface area contributed by atoms with Gasteiger partial charge in [0.15, 0.2) is 0 Å². The van der Waals surface area contributed by atoms with Crippen LogP contribution in [0.4, 0.5) is 0 Å². The molecular formula is C31H27NO2. The van der Waals surface area contributed by atoms with Crippen molar-refractivity contribution in [2.75, 3.05) is 0 Å². The number of rotatable bonds is 7. The molecule has 0 unspecified atom stereocenters. The van der Waals surface area contributed by atoms with E-state index in [2.05, 4.69) is 61.5 Å². The molecule has 0 saturated heterocycles. The molecule has 0 aliphatic rings. The highest BCUT2D eigenvalue weighted by Gasteiger charge is 2.19. The molecule has 1 heterocycles. The molecular weight excluding hydrogens is 418 g/mol. The highest BCUT2D eigenvalue weighted by molar-refractivity contribution is 5.87. The Hall–Kier alpha value is -4.11. The maximum Gasteiger partial charge on any atom is 0.258 e. The number of para-hydroxylation sites is 1. The van der Waals surface area contributed by atoms with Gasteiger partial charge in [-0.15, -0.1) is 0 Å². The zero-order chi connectivity index (χ0) is 23.3. The van der Waals surface area contributed by atoms with Gasteiger partial charge in [0.25, 0.3) is 5.56 Å². The first-order chi connectivity index (χ1) is 16.7. The van der Waals surface area contributed by atoms with Crippen LogP contribution in [0.1, 0.15) is 27.8 Å². The van der Waals surface area contributed by atoms with E-state index < -0.39 is 0 Å². The molecule has 5 rings (SSSR count). The van der Waals surface area contributed by atoms with Crippen molar-refractivity contribution in [1.82, 2.24) is 4.57 Å². The average molecular weight is 446 g/mol. The Labute approximate surface area is 199 Å². The van der Waals surface area contributed by atoms with Crippen LogP contribution in [0.25, 0.3) is 10.9 Å². The quantitative estimate of drug-likeness (QED) is 0.285. The van der Waals surface area contributed by atoms with Gasteiger partial charge in [-0.05, 0) is 35.7 Å². The lowest BCUT2D eigenvalue weighted by atomic mass is 10.0. The maximum atomic E-state index is 14.0. The van der Waals surface area contributed by atoms with E-state index in [0.29, 0.717) is 30.9 Å². The number of aromatic nitrogens is 1. The van der Waals surface area contributed by atoms with Gasteiger partial charge in [-0.3, -0.25) is 4.79 Å². The number of hydrogen-bond acceptors (Lipinski definition) is 2. The lowest BCUT2D eigenvalue weighted by molar-refractivity contribution is 0.306. The van der Waals surface area contributed by atoms with Crippen LogP contribution in [-0.4, -0.2) is 4.57 Å². The van der Waals surface area contributed by atoms with Crippen LogP contribution in [0.15, 0.2) is 114 Å². The summed E-state index contributed by atoms with van der Waals surface area (Å²) in [6.45, 7) is 3.00. The first kappa shape index (κ1) is 21.7. The first-order valence-electron chi connectivity index (χ1n) is 11.6. The number of ether oxygens (including phenoxy) is 1. The molecule has 168 valence electrons. The maximum absolute atomic E-state index is 14.0. The summed E-state index contributed by atoms with van der Waals surface area (Å²) in [6.07, 6.45) is 0.516. The summed E-state index contributed by atoms with van der Waals surface area (Å²) in [5.41, 5.74) is 6.02. The second-order valence-electron chi connectivity index (χ2n) is 8.64. The van der Waals surface area contributed by atoms with Crippen LogP contribution < -0.4 is 10.3 Å². The van der Waals surface area contributed by atoms with Gasteiger partial charge in [-0.2, -0.15) is 0 Å². The van der Waals surface area contributed by atoms with Crippen LogP contribution in [0.3, 0.4) is 0 Å². The molecule has 34 heavy (non-hydrogen) atoms.